The molecule has 0 aliphatic carbocycles. The van der Waals surface area contributed by atoms with Crippen LogP contribution in [0.1, 0.15) is 24.8 Å². The van der Waals surface area contributed by atoms with Gasteiger partial charge >= 0.3 is 6.18 Å². The Labute approximate surface area is 102 Å². The van der Waals surface area contributed by atoms with E-state index < -0.39 is 11.2 Å². The van der Waals surface area contributed by atoms with E-state index in [9.17, 15) is 13.2 Å². The molecule has 8 heteroatoms. The molecule has 1 aromatic heterocycles. The molecule has 0 aliphatic rings. The Morgan fingerprint density at radius 3 is 2.47 bits per heavy atom. The standard InChI is InChI=1S/C9H15F3N4S/c1-2-5-16(6-3-4-13)8-15-14-7(17-8)9(10,11)12/h2-6,13H2,1H3. The summed E-state index contributed by atoms with van der Waals surface area (Å²) in [5.74, 6) is 0. The van der Waals surface area contributed by atoms with Gasteiger partial charge in [0.2, 0.25) is 10.1 Å². The summed E-state index contributed by atoms with van der Waals surface area (Å²) in [5, 5.41) is 6.17. The van der Waals surface area contributed by atoms with Crippen LogP contribution in [0.4, 0.5) is 18.3 Å². The Bertz CT molecular complexity index is 339. The largest absolute Gasteiger partial charge is 0.445 e. The summed E-state index contributed by atoms with van der Waals surface area (Å²) in [7, 11) is 0. The minimum Gasteiger partial charge on any atom is -0.347 e. The van der Waals surface area contributed by atoms with Crippen LogP contribution >= 0.6 is 11.3 Å². The Morgan fingerprint density at radius 2 is 2.00 bits per heavy atom. The van der Waals surface area contributed by atoms with Gasteiger partial charge in [-0.1, -0.05) is 18.3 Å². The van der Waals surface area contributed by atoms with Gasteiger partial charge in [0.25, 0.3) is 0 Å². The van der Waals surface area contributed by atoms with Crippen molar-refractivity contribution in [2.24, 2.45) is 5.73 Å². The minimum absolute atomic E-state index is 0.313. The van der Waals surface area contributed by atoms with Crippen molar-refractivity contribution in [1.29, 1.82) is 0 Å². The smallest absolute Gasteiger partial charge is 0.347 e. The van der Waals surface area contributed by atoms with Gasteiger partial charge in [-0.3, -0.25) is 0 Å². The van der Waals surface area contributed by atoms with Crippen molar-refractivity contribution in [3.63, 3.8) is 0 Å². The summed E-state index contributed by atoms with van der Waals surface area (Å²) in [6.07, 6.45) is -2.85. The van der Waals surface area contributed by atoms with Gasteiger partial charge in [0.1, 0.15) is 0 Å². The third-order valence-corrected chi connectivity index (χ3v) is 3.08. The molecule has 0 unspecified atom stereocenters. The van der Waals surface area contributed by atoms with E-state index in [1.54, 1.807) is 4.90 Å². The highest BCUT2D eigenvalue weighted by molar-refractivity contribution is 7.15. The van der Waals surface area contributed by atoms with Crippen molar-refractivity contribution in [1.82, 2.24) is 10.2 Å². The Morgan fingerprint density at radius 1 is 1.29 bits per heavy atom. The van der Waals surface area contributed by atoms with E-state index >= 15 is 0 Å². The minimum atomic E-state index is -4.42. The second kappa shape index (κ2) is 6.15. The lowest BCUT2D eigenvalue weighted by Gasteiger charge is -2.19. The van der Waals surface area contributed by atoms with Gasteiger partial charge in [0.05, 0.1) is 0 Å². The van der Waals surface area contributed by atoms with Crippen LogP contribution in [0.25, 0.3) is 0 Å². The topological polar surface area (TPSA) is 55.0 Å². The van der Waals surface area contributed by atoms with Crippen molar-refractivity contribution in [2.45, 2.75) is 25.9 Å². The van der Waals surface area contributed by atoms with Gasteiger partial charge in [-0.05, 0) is 19.4 Å². The van der Waals surface area contributed by atoms with Crippen molar-refractivity contribution in [2.75, 3.05) is 24.5 Å². The molecule has 0 aromatic carbocycles. The van der Waals surface area contributed by atoms with Crippen molar-refractivity contribution in [3.05, 3.63) is 5.01 Å². The summed E-state index contributed by atoms with van der Waals surface area (Å²) < 4.78 is 37.1. The first-order chi connectivity index (χ1) is 7.99. The van der Waals surface area contributed by atoms with Crippen LogP contribution < -0.4 is 10.6 Å². The van der Waals surface area contributed by atoms with Crippen LogP contribution in [0.3, 0.4) is 0 Å². The van der Waals surface area contributed by atoms with Gasteiger partial charge in [-0.15, -0.1) is 10.2 Å². The van der Waals surface area contributed by atoms with Crippen molar-refractivity contribution < 1.29 is 13.2 Å². The first-order valence-corrected chi connectivity index (χ1v) is 6.16. The maximum absolute atomic E-state index is 12.4. The molecule has 0 spiro atoms. The zero-order chi connectivity index (χ0) is 12.9. The molecule has 1 rings (SSSR count). The molecule has 0 saturated heterocycles. The van der Waals surface area contributed by atoms with Crippen LogP contribution in [0.2, 0.25) is 0 Å². The van der Waals surface area contributed by atoms with E-state index in [2.05, 4.69) is 10.2 Å². The highest BCUT2D eigenvalue weighted by Gasteiger charge is 2.36. The van der Waals surface area contributed by atoms with Gasteiger partial charge in [-0.25, -0.2) is 0 Å². The van der Waals surface area contributed by atoms with Crippen LogP contribution in [0.15, 0.2) is 0 Å². The quantitative estimate of drug-likeness (QED) is 0.858. The first-order valence-electron chi connectivity index (χ1n) is 5.34. The van der Waals surface area contributed by atoms with E-state index in [4.69, 9.17) is 5.73 Å². The summed E-state index contributed by atoms with van der Waals surface area (Å²) in [4.78, 5) is 1.79. The molecular weight excluding hydrogens is 253 g/mol. The molecule has 0 bridgehead atoms. The summed E-state index contributed by atoms with van der Waals surface area (Å²) in [6.45, 7) is 3.73. The number of anilines is 1. The van der Waals surface area contributed by atoms with Gasteiger partial charge in [-0.2, -0.15) is 13.2 Å². The van der Waals surface area contributed by atoms with Crippen LogP contribution in [-0.4, -0.2) is 29.8 Å². The molecule has 1 aromatic rings. The summed E-state index contributed by atoms with van der Waals surface area (Å²) in [5.41, 5.74) is 5.39. The predicted octanol–water partition coefficient (Wildman–Crippen LogP) is 2.12. The fourth-order valence-corrected chi connectivity index (χ4v) is 2.08. The maximum atomic E-state index is 12.4. The second-order valence-corrected chi connectivity index (χ2v) is 4.47. The molecule has 17 heavy (non-hydrogen) atoms. The van der Waals surface area contributed by atoms with Crippen molar-refractivity contribution >= 4 is 16.5 Å². The highest BCUT2D eigenvalue weighted by Crippen LogP contribution is 2.34. The number of rotatable bonds is 6. The molecular formula is C9H15F3N4S. The monoisotopic (exact) mass is 268 g/mol. The molecule has 2 N–H and O–H groups in total. The molecule has 0 fully saturated rings. The average molecular weight is 268 g/mol. The van der Waals surface area contributed by atoms with E-state index in [1.807, 2.05) is 6.92 Å². The number of hydrogen-bond donors (Lipinski definition) is 1. The zero-order valence-electron chi connectivity index (χ0n) is 9.50. The number of alkyl halides is 3. The lowest BCUT2D eigenvalue weighted by molar-refractivity contribution is -0.138. The lowest BCUT2D eigenvalue weighted by Crippen LogP contribution is -2.26. The summed E-state index contributed by atoms with van der Waals surface area (Å²) >= 11 is 0.576. The zero-order valence-corrected chi connectivity index (χ0v) is 10.3. The molecule has 0 aliphatic heterocycles. The fourth-order valence-electron chi connectivity index (χ4n) is 1.31. The predicted molar refractivity (Wildman–Crippen MR) is 61.1 cm³/mol. The molecule has 0 atom stereocenters. The van der Waals surface area contributed by atoms with Crippen LogP contribution in [0.5, 0.6) is 0 Å². The van der Waals surface area contributed by atoms with Gasteiger partial charge in [0.15, 0.2) is 0 Å². The number of nitrogens with zero attached hydrogens (tertiary/aromatic N) is 3. The van der Waals surface area contributed by atoms with Crippen molar-refractivity contribution in [3.8, 4) is 0 Å². The summed E-state index contributed by atoms with van der Waals surface area (Å²) in [6, 6.07) is 0. The Hall–Kier alpha value is -0.890. The number of halogens is 3. The molecule has 0 saturated carbocycles. The third-order valence-electron chi connectivity index (χ3n) is 2.05. The SMILES string of the molecule is CCCN(CCCN)c1nnc(C(F)(F)F)s1. The van der Waals surface area contributed by atoms with Crippen LogP contribution in [0, 0.1) is 0 Å². The number of hydrogen-bond acceptors (Lipinski definition) is 5. The fraction of sp³-hybridized carbons (Fsp3) is 0.778. The molecule has 0 radical (unpaired) electrons. The van der Waals surface area contributed by atoms with E-state index in [1.165, 1.54) is 0 Å². The van der Waals surface area contributed by atoms with E-state index in [-0.39, 0.29) is 0 Å². The van der Waals surface area contributed by atoms with Gasteiger partial charge < -0.3 is 10.6 Å². The molecule has 4 nitrogen and oxygen atoms in total. The Balaban J connectivity index is 2.76. The highest BCUT2D eigenvalue weighted by atomic mass is 32.1. The normalized spacial score (nSPS) is 11.8. The number of nitrogens with two attached hydrogens (primary N) is 1. The lowest BCUT2D eigenvalue weighted by atomic mass is 10.3. The van der Waals surface area contributed by atoms with E-state index in [0.29, 0.717) is 36.1 Å². The molecule has 98 valence electrons. The van der Waals surface area contributed by atoms with E-state index in [0.717, 1.165) is 12.8 Å². The van der Waals surface area contributed by atoms with Gasteiger partial charge in [0, 0.05) is 13.1 Å². The number of aromatic nitrogens is 2. The van der Waals surface area contributed by atoms with Crippen LogP contribution in [-0.2, 0) is 6.18 Å². The Kier molecular flexibility index (Phi) is 5.13. The second-order valence-electron chi connectivity index (χ2n) is 3.52. The molecule has 1 heterocycles. The third kappa shape index (κ3) is 4.12. The first kappa shape index (κ1) is 14.2. The molecule has 0 amide bonds. The average Bonchev–Trinajstić information content (AvgIpc) is 2.72. The maximum Gasteiger partial charge on any atom is 0.445 e.